The molecule has 0 aromatic carbocycles. The predicted molar refractivity (Wildman–Crippen MR) is 78.9 cm³/mol. The summed E-state index contributed by atoms with van der Waals surface area (Å²) in [4.78, 5) is 0. The van der Waals surface area contributed by atoms with Crippen molar-refractivity contribution in [1.29, 1.82) is 0 Å². The van der Waals surface area contributed by atoms with Crippen molar-refractivity contribution in [1.82, 2.24) is 0 Å². The number of nitrogens with two attached hydrogens (primary N) is 1. The molecule has 116 valence electrons. The Labute approximate surface area is 119 Å². The summed E-state index contributed by atoms with van der Waals surface area (Å²) in [5, 5.41) is 0. The van der Waals surface area contributed by atoms with E-state index in [1.807, 2.05) is 0 Å². The van der Waals surface area contributed by atoms with Gasteiger partial charge in [-0.1, -0.05) is 45.4 Å². The van der Waals surface area contributed by atoms with Crippen molar-refractivity contribution in [2.75, 3.05) is 27.9 Å². The molecule has 0 bridgehead atoms. The molecule has 19 heavy (non-hydrogen) atoms. The molecule has 4 nitrogen and oxygen atoms in total. The lowest BCUT2D eigenvalue weighted by Crippen LogP contribution is -2.38. The highest BCUT2D eigenvalue weighted by atomic mass is 16.9. The third-order valence-corrected chi connectivity index (χ3v) is 3.76. The van der Waals surface area contributed by atoms with Gasteiger partial charge in [0.1, 0.15) is 0 Å². The topological polar surface area (TPSA) is 53.7 Å². The number of methoxy groups -OCH3 is 3. The summed E-state index contributed by atoms with van der Waals surface area (Å²) in [5.41, 5.74) is 5.70. The summed E-state index contributed by atoms with van der Waals surface area (Å²) in [5.74, 6) is -0.421. The molecule has 0 spiro atoms. The summed E-state index contributed by atoms with van der Waals surface area (Å²) in [7, 11) is 4.86. The average molecular weight is 275 g/mol. The molecule has 0 fully saturated rings. The molecule has 2 N–H and O–H groups in total. The number of unbranched alkanes of at least 4 members (excludes halogenated alkanes) is 4. The zero-order valence-corrected chi connectivity index (χ0v) is 13.2. The van der Waals surface area contributed by atoms with E-state index in [4.69, 9.17) is 19.9 Å². The molecule has 1 atom stereocenters. The Bertz CT molecular complexity index is 188. The van der Waals surface area contributed by atoms with Gasteiger partial charge in [-0.25, -0.2) is 0 Å². The Morgan fingerprint density at radius 2 is 1.47 bits per heavy atom. The molecule has 0 rings (SSSR count). The summed E-state index contributed by atoms with van der Waals surface area (Å²) >= 11 is 0. The van der Waals surface area contributed by atoms with E-state index in [-0.39, 0.29) is 0 Å². The number of ether oxygens (including phenoxy) is 3. The fraction of sp³-hybridized carbons (Fsp3) is 1.00. The first-order valence-corrected chi connectivity index (χ1v) is 7.53. The van der Waals surface area contributed by atoms with Gasteiger partial charge in [-0.05, 0) is 18.9 Å². The molecule has 0 amide bonds. The largest absolute Gasteiger partial charge is 0.331 e. The average Bonchev–Trinajstić information content (AvgIpc) is 2.44. The van der Waals surface area contributed by atoms with Crippen molar-refractivity contribution in [3.8, 4) is 0 Å². The van der Waals surface area contributed by atoms with Crippen LogP contribution in [-0.2, 0) is 14.2 Å². The maximum Gasteiger partial charge on any atom is 0.282 e. The van der Waals surface area contributed by atoms with E-state index >= 15 is 0 Å². The molecule has 0 aromatic heterocycles. The van der Waals surface area contributed by atoms with Crippen LogP contribution in [0.1, 0.15) is 58.3 Å². The monoisotopic (exact) mass is 275 g/mol. The normalized spacial score (nSPS) is 13.7. The van der Waals surface area contributed by atoms with E-state index in [2.05, 4.69) is 6.92 Å². The van der Waals surface area contributed by atoms with Crippen LogP contribution in [0.4, 0.5) is 0 Å². The minimum absolute atomic E-state index is 0.492. The molecule has 0 aliphatic heterocycles. The Kier molecular flexibility index (Phi) is 11.6. The van der Waals surface area contributed by atoms with Crippen LogP contribution in [-0.4, -0.2) is 33.8 Å². The van der Waals surface area contributed by atoms with Crippen molar-refractivity contribution < 1.29 is 14.2 Å². The van der Waals surface area contributed by atoms with Crippen LogP contribution >= 0.6 is 0 Å². The Morgan fingerprint density at radius 3 is 1.95 bits per heavy atom. The van der Waals surface area contributed by atoms with Crippen LogP contribution in [0.3, 0.4) is 0 Å². The van der Waals surface area contributed by atoms with Gasteiger partial charge in [-0.15, -0.1) is 0 Å². The molecule has 0 aromatic rings. The van der Waals surface area contributed by atoms with Gasteiger partial charge in [0.2, 0.25) is 0 Å². The van der Waals surface area contributed by atoms with Gasteiger partial charge < -0.3 is 19.9 Å². The standard InChI is InChI=1S/C15H33NO3/c1-5-6-7-8-9-10-14(11-12-16)13-15(17-2,18-3)19-4/h14H,5-13,16H2,1-4H3. The number of hydrogen-bond acceptors (Lipinski definition) is 4. The maximum atomic E-state index is 5.70. The van der Waals surface area contributed by atoms with Gasteiger partial charge in [0, 0.05) is 27.8 Å². The number of rotatable bonds is 13. The highest BCUT2D eigenvalue weighted by molar-refractivity contribution is 4.68. The highest BCUT2D eigenvalue weighted by Crippen LogP contribution is 2.28. The van der Waals surface area contributed by atoms with Crippen molar-refractivity contribution in [3.63, 3.8) is 0 Å². The molecular weight excluding hydrogens is 242 g/mol. The molecule has 4 heteroatoms. The highest BCUT2D eigenvalue weighted by Gasteiger charge is 2.32. The Balaban J connectivity index is 4.15. The zero-order chi connectivity index (χ0) is 14.6. The second-order valence-corrected chi connectivity index (χ2v) is 5.15. The lowest BCUT2D eigenvalue weighted by molar-refractivity contribution is -0.359. The van der Waals surface area contributed by atoms with Gasteiger partial charge in [0.05, 0.1) is 0 Å². The van der Waals surface area contributed by atoms with E-state index in [9.17, 15) is 0 Å². The predicted octanol–water partition coefficient (Wildman–Crippen LogP) is 3.30. The molecule has 0 aliphatic rings. The molecule has 0 saturated carbocycles. The van der Waals surface area contributed by atoms with Crippen LogP contribution in [0.15, 0.2) is 0 Å². The molecule has 0 radical (unpaired) electrons. The Morgan fingerprint density at radius 1 is 0.895 bits per heavy atom. The van der Waals surface area contributed by atoms with Crippen LogP contribution in [0.5, 0.6) is 0 Å². The lowest BCUT2D eigenvalue weighted by Gasteiger charge is -2.32. The fourth-order valence-corrected chi connectivity index (χ4v) is 2.47. The fourth-order valence-electron chi connectivity index (χ4n) is 2.47. The third-order valence-electron chi connectivity index (χ3n) is 3.76. The smallest absolute Gasteiger partial charge is 0.282 e. The molecule has 0 saturated heterocycles. The molecule has 1 unspecified atom stereocenters. The van der Waals surface area contributed by atoms with E-state index in [0.29, 0.717) is 12.5 Å². The van der Waals surface area contributed by atoms with Crippen molar-refractivity contribution in [2.24, 2.45) is 11.7 Å². The maximum absolute atomic E-state index is 5.70. The Hall–Kier alpha value is -0.160. The van der Waals surface area contributed by atoms with Crippen LogP contribution in [0.25, 0.3) is 0 Å². The van der Waals surface area contributed by atoms with Crippen LogP contribution in [0, 0.1) is 5.92 Å². The first-order chi connectivity index (χ1) is 9.17. The minimum atomic E-state index is -0.913. The van der Waals surface area contributed by atoms with Crippen LogP contribution < -0.4 is 5.73 Å². The van der Waals surface area contributed by atoms with E-state index in [0.717, 1.165) is 12.8 Å². The summed E-state index contributed by atoms with van der Waals surface area (Å²) in [6, 6.07) is 0. The van der Waals surface area contributed by atoms with Gasteiger partial charge in [-0.3, -0.25) is 0 Å². The third kappa shape index (κ3) is 7.88. The quantitative estimate of drug-likeness (QED) is 0.414. The van der Waals surface area contributed by atoms with Gasteiger partial charge in [0.25, 0.3) is 5.97 Å². The molecule has 0 heterocycles. The lowest BCUT2D eigenvalue weighted by atomic mass is 9.93. The summed E-state index contributed by atoms with van der Waals surface area (Å²) in [6.45, 7) is 2.94. The second-order valence-electron chi connectivity index (χ2n) is 5.15. The second kappa shape index (κ2) is 11.6. The SMILES string of the molecule is CCCCCCCC(CCN)CC(OC)(OC)OC. The van der Waals surface area contributed by atoms with Crippen molar-refractivity contribution in [3.05, 3.63) is 0 Å². The molecular formula is C15H33NO3. The van der Waals surface area contributed by atoms with E-state index in [1.165, 1.54) is 38.5 Å². The summed E-state index contributed by atoms with van der Waals surface area (Å²) < 4.78 is 16.1. The van der Waals surface area contributed by atoms with Crippen molar-refractivity contribution >= 4 is 0 Å². The van der Waals surface area contributed by atoms with Crippen LogP contribution in [0.2, 0.25) is 0 Å². The summed E-state index contributed by atoms with van der Waals surface area (Å²) in [6.07, 6.45) is 9.39. The van der Waals surface area contributed by atoms with E-state index < -0.39 is 5.97 Å². The van der Waals surface area contributed by atoms with Gasteiger partial charge >= 0.3 is 0 Å². The molecule has 0 aliphatic carbocycles. The van der Waals surface area contributed by atoms with E-state index in [1.54, 1.807) is 21.3 Å². The zero-order valence-electron chi connectivity index (χ0n) is 13.2. The van der Waals surface area contributed by atoms with Crippen molar-refractivity contribution in [2.45, 2.75) is 64.3 Å². The van der Waals surface area contributed by atoms with Gasteiger partial charge in [0.15, 0.2) is 0 Å². The minimum Gasteiger partial charge on any atom is -0.331 e. The number of hydrogen-bond donors (Lipinski definition) is 1. The first kappa shape index (κ1) is 18.8. The van der Waals surface area contributed by atoms with Gasteiger partial charge in [-0.2, -0.15) is 0 Å². The first-order valence-electron chi connectivity index (χ1n) is 7.53.